The van der Waals surface area contributed by atoms with Crippen molar-refractivity contribution in [1.82, 2.24) is 15.5 Å². The summed E-state index contributed by atoms with van der Waals surface area (Å²) < 4.78 is 0. The van der Waals surface area contributed by atoms with Crippen molar-refractivity contribution in [2.75, 3.05) is 27.7 Å². The summed E-state index contributed by atoms with van der Waals surface area (Å²) in [5, 5.41) is 7.52. The molecule has 0 amide bonds. The molecule has 2 rings (SSSR count). The number of hydrogen-bond donors (Lipinski definition) is 2. The Morgan fingerprint density at radius 3 is 2.48 bits per heavy atom. The fraction of sp³-hybridized carbons (Fsp3) is 0.350. The SMILES string of the molecule is CN=C(NCCc1cccc(Cl)c1)NCc1ccccc1CN(C)C. The molecule has 0 atom stereocenters. The first-order chi connectivity index (χ1) is 12.1. The third kappa shape index (κ3) is 6.77. The molecule has 0 aliphatic rings. The quantitative estimate of drug-likeness (QED) is 0.589. The second-order valence-electron chi connectivity index (χ2n) is 6.24. The van der Waals surface area contributed by atoms with Crippen LogP contribution < -0.4 is 10.6 Å². The Hall–Kier alpha value is -2.04. The Labute approximate surface area is 155 Å². The van der Waals surface area contributed by atoms with E-state index in [1.54, 1.807) is 7.05 Å². The van der Waals surface area contributed by atoms with Crippen LogP contribution in [0.25, 0.3) is 0 Å². The van der Waals surface area contributed by atoms with Crippen molar-refractivity contribution in [1.29, 1.82) is 0 Å². The summed E-state index contributed by atoms with van der Waals surface area (Å²) in [5.41, 5.74) is 3.83. The van der Waals surface area contributed by atoms with Crippen molar-refractivity contribution < 1.29 is 0 Å². The van der Waals surface area contributed by atoms with Gasteiger partial charge in [-0.2, -0.15) is 0 Å². The summed E-state index contributed by atoms with van der Waals surface area (Å²) in [6.07, 6.45) is 0.901. The molecule has 2 N–H and O–H groups in total. The third-order valence-electron chi connectivity index (χ3n) is 3.87. The maximum Gasteiger partial charge on any atom is 0.191 e. The number of guanidine groups is 1. The van der Waals surface area contributed by atoms with E-state index in [2.05, 4.69) is 65.0 Å². The van der Waals surface area contributed by atoms with E-state index in [0.29, 0.717) is 0 Å². The van der Waals surface area contributed by atoms with E-state index in [0.717, 1.165) is 37.0 Å². The highest BCUT2D eigenvalue weighted by molar-refractivity contribution is 6.30. The maximum atomic E-state index is 6.02. The largest absolute Gasteiger partial charge is 0.356 e. The Morgan fingerprint density at radius 2 is 1.80 bits per heavy atom. The van der Waals surface area contributed by atoms with Crippen LogP contribution in [0.1, 0.15) is 16.7 Å². The predicted molar refractivity (Wildman–Crippen MR) is 107 cm³/mol. The van der Waals surface area contributed by atoms with Gasteiger partial charge in [-0.05, 0) is 49.3 Å². The number of nitrogens with zero attached hydrogens (tertiary/aromatic N) is 2. The van der Waals surface area contributed by atoms with Crippen molar-refractivity contribution in [2.24, 2.45) is 4.99 Å². The highest BCUT2D eigenvalue weighted by Crippen LogP contribution is 2.11. The summed E-state index contributed by atoms with van der Waals surface area (Å²) in [7, 11) is 5.96. The molecule has 134 valence electrons. The van der Waals surface area contributed by atoms with Crippen molar-refractivity contribution >= 4 is 17.6 Å². The van der Waals surface area contributed by atoms with Crippen molar-refractivity contribution in [3.8, 4) is 0 Å². The zero-order chi connectivity index (χ0) is 18.1. The van der Waals surface area contributed by atoms with Gasteiger partial charge in [-0.3, -0.25) is 4.99 Å². The van der Waals surface area contributed by atoms with E-state index in [1.807, 2.05) is 18.2 Å². The third-order valence-corrected chi connectivity index (χ3v) is 4.11. The van der Waals surface area contributed by atoms with Gasteiger partial charge in [0.05, 0.1) is 0 Å². The van der Waals surface area contributed by atoms with E-state index >= 15 is 0 Å². The molecule has 25 heavy (non-hydrogen) atoms. The van der Waals surface area contributed by atoms with Crippen LogP contribution in [0.4, 0.5) is 0 Å². The van der Waals surface area contributed by atoms with Crippen LogP contribution in [0.5, 0.6) is 0 Å². The molecule has 0 unspecified atom stereocenters. The van der Waals surface area contributed by atoms with Crippen LogP contribution in [0, 0.1) is 0 Å². The molecule has 0 aromatic heterocycles. The Balaban J connectivity index is 1.84. The zero-order valence-electron chi connectivity index (χ0n) is 15.2. The normalized spacial score (nSPS) is 11.6. The average molecular weight is 359 g/mol. The summed E-state index contributed by atoms with van der Waals surface area (Å²) in [6, 6.07) is 16.4. The number of benzene rings is 2. The predicted octanol–water partition coefficient (Wildman–Crippen LogP) is 3.31. The van der Waals surface area contributed by atoms with Gasteiger partial charge in [-0.25, -0.2) is 0 Å². The minimum absolute atomic E-state index is 0.751. The van der Waals surface area contributed by atoms with E-state index in [4.69, 9.17) is 11.6 Å². The molecule has 0 bridgehead atoms. The number of halogens is 1. The summed E-state index contributed by atoms with van der Waals surface area (Å²) in [5.74, 6) is 0.807. The topological polar surface area (TPSA) is 39.7 Å². The molecular weight excluding hydrogens is 332 g/mol. The van der Waals surface area contributed by atoms with Crippen LogP contribution in [-0.2, 0) is 19.5 Å². The maximum absolute atomic E-state index is 6.02. The van der Waals surface area contributed by atoms with Crippen LogP contribution >= 0.6 is 11.6 Å². The van der Waals surface area contributed by atoms with Gasteiger partial charge in [0.15, 0.2) is 5.96 Å². The molecular formula is C20H27ClN4. The van der Waals surface area contributed by atoms with E-state index in [9.17, 15) is 0 Å². The summed E-state index contributed by atoms with van der Waals surface area (Å²) in [6.45, 7) is 2.48. The minimum atomic E-state index is 0.751. The van der Waals surface area contributed by atoms with Gasteiger partial charge in [0.1, 0.15) is 0 Å². The molecule has 0 saturated carbocycles. The van der Waals surface area contributed by atoms with Crippen molar-refractivity contribution in [2.45, 2.75) is 19.5 Å². The number of aliphatic imine (C=N–C) groups is 1. The van der Waals surface area contributed by atoms with Crippen LogP contribution in [0.2, 0.25) is 5.02 Å². The zero-order valence-corrected chi connectivity index (χ0v) is 16.0. The first-order valence-corrected chi connectivity index (χ1v) is 8.86. The van der Waals surface area contributed by atoms with E-state index in [1.165, 1.54) is 16.7 Å². The lowest BCUT2D eigenvalue weighted by molar-refractivity contribution is 0.400. The number of rotatable bonds is 7. The second kappa shape index (κ2) is 10.1. The van der Waals surface area contributed by atoms with Gasteiger partial charge in [0, 0.05) is 31.7 Å². The lowest BCUT2D eigenvalue weighted by Crippen LogP contribution is -2.38. The number of hydrogen-bond acceptors (Lipinski definition) is 2. The standard InChI is InChI=1S/C20H27ClN4/c1-22-20(23-12-11-16-7-6-10-19(21)13-16)24-14-17-8-4-5-9-18(17)15-25(2)3/h4-10,13H,11-12,14-15H2,1-3H3,(H2,22,23,24). The molecule has 2 aromatic rings. The average Bonchev–Trinajstić information content (AvgIpc) is 2.58. The lowest BCUT2D eigenvalue weighted by Gasteiger charge is -2.16. The van der Waals surface area contributed by atoms with E-state index in [-0.39, 0.29) is 0 Å². The van der Waals surface area contributed by atoms with E-state index < -0.39 is 0 Å². The molecule has 0 spiro atoms. The molecule has 0 saturated heterocycles. The summed E-state index contributed by atoms with van der Waals surface area (Å²) in [4.78, 5) is 6.48. The lowest BCUT2D eigenvalue weighted by atomic mass is 10.1. The molecule has 0 radical (unpaired) electrons. The molecule has 0 aliphatic carbocycles. The Morgan fingerprint density at radius 1 is 1.04 bits per heavy atom. The van der Waals surface area contributed by atoms with Gasteiger partial charge in [-0.1, -0.05) is 48.0 Å². The van der Waals surface area contributed by atoms with Crippen LogP contribution in [0.15, 0.2) is 53.5 Å². The van der Waals surface area contributed by atoms with Gasteiger partial charge in [-0.15, -0.1) is 0 Å². The van der Waals surface area contributed by atoms with Crippen molar-refractivity contribution in [3.05, 3.63) is 70.2 Å². The monoisotopic (exact) mass is 358 g/mol. The fourth-order valence-electron chi connectivity index (χ4n) is 2.64. The number of nitrogens with one attached hydrogen (secondary N) is 2. The second-order valence-corrected chi connectivity index (χ2v) is 6.68. The smallest absolute Gasteiger partial charge is 0.191 e. The molecule has 0 aliphatic heterocycles. The Kier molecular flexibility index (Phi) is 7.76. The molecule has 4 nitrogen and oxygen atoms in total. The van der Waals surface area contributed by atoms with Gasteiger partial charge in [0.25, 0.3) is 0 Å². The first-order valence-electron chi connectivity index (χ1n) is 8.49. The molecule has 5 heteroatoms. The molecule has 0 fully saturated rings. The highest BCUT2D eigenvalue weighted by Gasteiger charge is 2.04. The fourth-order valence-corrected chi connectivity index (χ4v) is 2.86. The first kappa shape index (κ1) is 19.3. The van der Waals surface area contributed by atoms with Gasteiger partial charge < -0.3 is 15.5 Å². The minimum Gasteiger partial charge on any atom is -0.356 e. The van der Waals surface area contributed by atoms with Crippen LogP contribution in [0.3, 0.4) is 0 Å². The van der Waals surface area contributed by atoms with Crippen LogP contribution in [-0.4, -0.2) is 38.5 Å². The molecule has 0 heterocycles. The van der Waals surface area contributed by atoms with Gasteiger partial charge >= 0.3 is 0 Å². The van der Waals surface area contributed by atoms with Gasteiger partial charge in [0.2, 0.25) is 0 Å². The molecule has 2 aromatic carbocycles. The Bertz CT molecular complexity index is 698. The summed E-state index contributed by atoms with van der Waals surface area (Å²) >= 11 is 6.02. The van der Waals surface area contributed by atoms with Crippen molar-refractivity contribution in [3.63, 3.8) is 0 Å². The highest BCUT2D eigenvalue weighted by atomic mass is 35.5.